The van der Waals surface area contributed by atoms with Crippen LogP contribution in [0, 0.1) is 0 Å². The maximum absolute atomic E-state index is 13.2. The van der Waals surface area contributed by atoms with Gasteiger partial charge in [0.15, 0.2) is 5.71 Å². The lowest BCUT2D eigenvalue weighted by Crippen LogP contribution is -2.71. The third-order valence-corrected chi connectivity index (χ3v) is 8.25. The molecule has 1 saturated carbocycles. The zero-order valence-electron chi connectivity index (χ0n) is 19.4. The molecule has 0 aromatic heterocycles. The molecule has 12 heteroatoms. The minimum absolute atomic E-state index is 0.101. The molecular formula is C23H26F3N3O5S. The van der Waals surface area contributed by atoms with Crippen LogP contribution in [-0.2, 0) is 25.4 Å². The zero-order valence-corrected chi connectivity index (χ0v) is 20.2. The number of fused-ring (bicyclic) bond motifs is 1. The maximum Gasteiger partial charge on any atom is 0.416 e. The van der Waals surface area contributed by atoms with Crippen LogP contribution in [0.1, 0.15) is 57.6 Å². The Hall–Kier alpha value is -2.76. The number of carbonyl (C=O) groups excluding carboxylic acids is 2. The Bertz CT molecular complexity index is 1070. The Balaban J connectivity index is 1.57. The second-order valence-electron chi connectivity index (χ2n) is 9.81. The van der Waals surface area contributed by atoms with E-state index in [4.69, 9.17) is 4.84 Å². The van der Waals surface area contributed by atoms with Gasteiger partial charge in [-0.05, 0) is 58.6 Å². The van der Waals surface area contributed by atoms with Crippen LogP contribution in [0.25, 0.3) is 0 Å². The summed E-state index contributed by atoms with van der Waals surface area (Å²) in [5.74, 6) is -2.46. The first-order valence-corrected chi connectivity index (χ1v) is 12.1. The van der Waals surface area contributed by atoms with Gasteiger partial charge in [0.25, 0.3) is 5.91 Å². The van der Waals surface area contributed by atoms with E-state index in [1.807, 2.05) is 6.92 Å². The van der Waals surface area contributed by atoms with Gasteiger partial charge in [0.1, 0.15) is 23.1 Å². The number of carboxylic acid groups (broad SMARTS) is 1. The molecule has 2 aliphatic heterocycles. The number of halogens is 3. The van der Waals surface area contributed by atoms with E-state index < -0.39 is 57.3 Å². The average molecular weight is 514 g/mol. The van der Waals surface area contributed by atoms with Crippen LogP contribution in [0.5, 0.6) is 0 Å². The minimum Gasteiger partial charge on any atom is -0.480 e. The Kier molecular flexibility index (Phi) is 6.31. The summed E-state index contributed by atoms with van der Waals surface area (Å²) in [4.78, 5) is 44.6. The minimum atomic E-state index is -4.54. The smallest absolute Gasteiger partial charge is 0.416 e. The van der Waals surface area contributed by atoms with E-state index in [1.54, 1.807) is 13.8 Å². The summed E-state index contributed by atoms with van der Waals surface area (Å²) < 4.78 is 38.2. The van der Waals surface area contributed by atoms with Crippen molar-refractivity contribution in [2.24, 2.45) is 5.16 Å². The fourth-order valence-electron chi connectivity index (χ4n) is 4.77. The Morgan fingerprint density at radius 1 is 1.17 bits per heavy atom. The number of nitrogens with one attached hydrogen (secondary N) is 1. The van der Waals surface area contributed by atoms with Crippen LogP contribution in [-0.4, -0.2) is 61.3 Å². The van der Waals surface area contributed by atoms with E-state index in [-0.39, 0.29) is 11.3 Å². The van der Waals surface area contributed by atoms with Gasteiger partial charge in [0.2, 0.25) is 5.91 Å². The highest BCUT2D eigenvalue weighted by Crippen LogP contribution is 2.50. The third kappa shape index (κ3) is 4.72. The number of benzene rings is 1. The van der Waals surface area contributed by atoms with Crippen LogP contribution < -0.4 is 5.32 Å². The van der Waals surface area contributed by atoms with E-state index >= 15 is 0 Å². The van der Waals surface area contributed by atoms with E-state index in [0.717, 1.165) is 49.9 Å². The number of carboxylic acids is 1. The number of hydrogen-bond donors (Lipinski definition) is 2. The predicted octanol–water partition coefficient (Wildman–Crippen LogP) is 3.39. The highest BCUT2D eigenvalue weighted by atomic mass is 32.2. The summed E-state index contributed by atoms with van der Waals surface area (Å²) in [5, 5.41) is 15.6. The number of thioether (sulfide) groups is 1. The predicted molar refractivity (Wildman–Crippen MR) is 122 cm³/mol. The highest BCUT2D eigenvalue weighted by molar-refractivity contribution is 8.01. The molecule has 1 aliphatic carbocycles. The van der Waals surface area contributed by atoms with Crippen molar-refractivity contribution in [3.05, 3.63) is 35.4 Å². The van der Waals surface area contributed by atoms with E-state index in [0.29, 0.717) is 0 Å². The zero-order chi connectivity index (χ0) is 25.8. The van der Waals surface area contributed by atoms with Crippen molar-refractivity contribution in [2.45, 2.75) is 80.4 Å². The topological polar surface area (TPSA) is 108 Å². The van der Waals surface area contributed by atoms with Crippen LogP contribution in [0.3, 0.4) is 0 Å². The van der Waals surface area contributed by atoms with Crippen molar-refractivity contribution in [3.63, 3.8) is 0 Å². The van der Waals surface area contributed by atoms with Gasteiger partial charge < -0.3 is 20.2 Å². The number of oxime groups is 1. The number of β-lactam (4-membered cyclic amide) rings is 1. The van der Waals surface area contributed by atoms with Gasteiger partial charge in [0, 0.05) is 10.3 Å². The number of amides is 2. The number of hydrogen-bond acceptors (Lipinski definition) is 6. The molecule has 4 rings (SSSR count). The van der Waals surface area contributed by atoms with Gasteiger partial charge in [-0.1, -0.05) is 17.3 Å². The normalized spacial score (nSPS) is 27.3. The lowest BCUT2D eigenvalue weighted by Gasteiger charge is -2.43. The molecule has 2 saturated heterocycles. The average Bonchev–Trinajstić information content (AvgIpc) is 3.30. The largest absolute Gasteiger partial charge is 0.480 e. The second kappa shape index (κ2) is 8.72. The van der Waals surface area contributed by atoms with E-state index in [2.05, 4.69) is 10.5 Å². The van der Waals surface area contributed by atoms with Crippen LogP contribution in [0.15, 0.2) is 29.4 Å². The number of carbonyl (C=O) groups is 3. The van der Waals surface area contributed by atoms with Crippen molar-refractivity contribution in [2.75, 3.05) is 0 Å². The van der Waals surface area contributed by atoms with Crippen molar-refractivity contribution < 1.29 is 37.5 Å². The molecule has 2 amide bonds. The van der Waals surface area contributed by atoms with E-state index in [1.165, 1.54) is 16.7 Å². The third-order valence-electron chi connectivity index (χ3n) is 6.68. The van der Waals surface area contributed by atoms with Gasteiger partial charge >= 0.3 is 12.1 Å². The number of rotatable bonds is 6. The first-order valence-electron chi connectivity index (χ1n) is 11.2. The van der Waals surface area contributed by atoms with Crippen LogP contribution in [0.4, 0.5) is 13.2 Å². The quantitative estimate of drug-likeness (QED) is 0.343. The van der Waals surface area contributed by atoms with Gasteiger partial charge in [-0.25, -0.2) is 4.79 Å². The lowest BCUT2D eigenvalue weighted by atomic mass is 9.96. The number of alkyl halides is 3. The number of aliphatic carboxylic acids is 1. The lowest BCUT2D eigenvalue weighted by molar-refractivity contribution is -0.160. The van der Waals surface area contributed by atoms with Crippen molar-refractivity contribution in [3.8, 4) is 0 Å². The molecule has 3 atom stereocenters. The molecular weight excluding hydrogens is 487 g/mol. The fraction of sp³-hybridized carbons (Fsp3) is 0.565. The van der Waals surface area contributed by atoms with Gasteiger partial charge in [-0.2, -0.15) is 13.2 Å². The van der Waals surface area contributed by atoms with Gasteiger partial charge in [0.05, 0.1) is 5.56 Å². The summed E-state index contributed by atoms with van der Waals surface area (Å²) in [7, 11) is 0. The van der Waals surface area contributed by atoms with Crippen molar-refractivity contribution >= 4 is 35.3 Å². The molecule has 0 spiro atoms. The molecule has 1 aromatic carbocycles. The molecule has 1 aromatic rings. The molecule has 2 N–H and O–H groups in total. The first kappa shape index (κ1) is 25.3. The molecule has 190 valence electrons. The molecule has 35 heavy (non-hydrogen) atoms. The summed E-state index contributed by atoms with van der Waals surface area (Å²) in [6, 6.07) is 1.93. The summed E-state index contributed by atoms with van der Waals surface area (Å²) in [5.41, 5.74) is -1.63. The molecule has 2 heterocycles. The number of nitrogens with zero attached hydrogens (tertiary/aromatic N) is 2. The Morgan fingerprint density at radius 3 is 2.31 bits per heavy atom. The molecule has 3 fully saturated rings. The fourth-order valence-corrected chi connectivity index (χ4v) is 6.39. The molecule has 8 nitrogen and oxygen atoms in total. The molecule has 0 unspecified atom stereocenters. The SMILES string of the molecule is CC1(O/N=C(\C(=O)N[C@@H]2C(=O)N3[C@@H]2SC(C)(C)[C@@H]3C(=O)O)c2ccc(C(F)(F)F)cc2)CCCC1. The highest BCUT2D eigenvalue weighted by Gasteiger charge is 2.64. The van der Waals surface area contributed by atoms with Crippen molar-refractivity contribution in [1.82, 2.24) is 10.2 Å². The monoisotopic (exact) mass is 513 g/mol. The second-order valence-corrected chi connectivity index (χ2v) is 11.6. The standard InChI is InChI=1S/C23H26F3N3O5S/c1-21(2)16(20(32)33)29-18(31)15(19(29)35-21)27-17(30)14(28-34-22(3)10-4-5-11-22)12-6-8-13(9-7-12)23(24,25)26/h6-9,15-16,19H,4-5,10-11H2,1-3H3,(H,27,30)(H,32,33)/b28-14-/t15-,16+,19-/m1/s1. The summed E-state index contributed by atoms with van der Waals surface area (Å²) >= 11 is 1.27. The van der Waals surface area contributed by atoms with Crippen LogP contribution in [0.2, 0.25) is 0 Å². The Morgan fingerprint density at radius 2 is 1.77 bits per heavy atom. The first-order chi connectivity index (χ1) is 16.2. The molecule has 0 bridgehead atoms. The van der Waals surface area contributed by atoms with Crippen LogP contribution >= 0.6 is 11.8 Å². The molecule has 0 radical (unpaired) electrons. The maximum atomic E-state index is 13.2. The van der Waals surface area contributed by atoms with Gasteiger partial charge in [-0.15, -0.1) is 11.8 Å². The van der Waals surface area contributed by atoms with Gasteiger partial charge in [-0.3, -0.25) is 9.59 Å². The molecule has 3 aliphatic rings. The summed E-state index contributed by atoms with van der Waals surface area (Å²) in [6.45, 7) is 5.28. The van der Waals surface area contributed by atoms with Crippen molar-refractivity contribution in [1.29, 1.82) is 0 Å². The van der Waals surface area contributed by atoms with E-state index in [9.17, 15) is 32.7 Å². The Labute approximate surface area is 204 Å². The summed E-state index contributed by atoms with van der Waals surface area (Å²) in [6.07, 6.45) is -1.24.